The third kappa shape index (κ3) is 6.87. The maximum atomic E-state index is 12.4. The molecule has 0 bridgehead atoms. The Morgan fingerprint density at radius 1 is 1.27 bits per heavy atom. The second-order valence-corrected chi connectivity index (χ2v) is 8.63. The normalized spacial score (nSPS) is 18.2. The van der Waals surface area contributed by atoms with Crippen molar-refractivity contribution in [2.45, 2.75) is 50.0 Å². The third-order valence-corrected chi connectivity index (χ3v) is 6.17. The Kier molecular flexibility index (Phi) is 8.34. The average molecular weight is 403 g/mol. The highest BCUT2D eigenvalue weighted by Gasteiger charge is 2.26. The van der Waals surface area contributed by atoms with E-state index in [9.17, 15) is 13.2 Å². The van der Waals surface area contributed by atoms with E-state index in [2.05, 4.69) is 9.62 Å². The molecule has 0 radical (unpaired) electrons. The zero-order chi connectivity index (χ0) is 19.0. The van der Waals surface area contributed by atoms with E-state index in [4.69, 9.17) is 16.3 Å². The number of esters is 1. The summed E-state index contributed by atoms with van der Waals surface area (Å²) in [6.07, 6.45) is 4.07. The molecular weight excluding hydrogens is 376 g/mol. The fraction of sp³-hybridized carbons (Fsp3) is 0.611. The molecule has 1 saturated heterocycles. The number of carbonyl (C=O) groups excluding carboxylic acids is 1. The van der Waals surface area contributed by atoms with Crippen LogP contribution < -0.4 is 4.72 Å². The highest BCUT2D eigenvalue weighted by atomic mass is 35.5. The largest absolute Gasteiger partial charge is 0.466 e. The number of unbranched alkanes of at least 4 members (excludes halogenated alkanes) is 2. The van der Waals surface area contributed by atoms with Crippen molar-refractivity contribution in [3.05, 3.63) is 29.3 Å². The Labute approximate surface area is 160 Å². The van der Waals surface area contributed by atoms with Gasteiger partial charge in [0.2, 0.25) is 10.0 Å². The summed E-state index contributed by atoms with van der Waals surface area (Å²) in [6.45, 7) is 4.75. The first-order chi connectivity index (χ1) is 12.4. The number of hydrogen-bond acceptors (Lipinski definition) is 5. The Morgan fingerprint density at radius 2 is 2.00 bits per heavy atom. The van der Waals surface area contributed by atoms with Crippen molar-refractivity contribution >= 4 is 27.6 Å². The number of carbonyl (C=O) groups is 1. The highest BCUT2D eigenvalue weighted by molar-refractivity contribution is 7.89. The minimum absolute atomic E-state index is 0.0739. The summed E-state index contributed by atoms with van der Waals surface area (Å²) in [6, 6.07) is 6.11. The Morgan fingerprint density at radius 3 is 2.69 bits per heavy atom. The molecule has 1 fully saturated rings. The molecular formula is C18H27ClN2O4S. The monoisotopic (exact) mass is 402 g/mol. The molecule has 0 saturated carbocycles. The number of halogens is 1. The molecule has 2 rings (SSSR count). The van der Waals surface area contributed by atoms with Gasteiger partial charge in [0.15, 0.2) is 0 Å². The summed E-state index contributed by atoms with van der Waals surface area (Å²) in [4.78, 5) is 13.8. The first-order valence-electron chi connectivity index (χ1n) is 9.06. The van der Waals surface area contributed by atoms with Crippen LogP contribution >= 0.6 is 11.6 Å². The van der Waals surface area contributed by atoms with E-state index in [1.807, 2.05) is 6.92 Å². The number of nitrogens with one attached hydrogen (secondary N) is 1. The predicted octanol–water partition coefficient (Wildman–Crippen LogP) is 2.82. The van der Waals surface area contributed by atoms with Crippen molar-refractivity contribution in [2.75, 3.05) is 26.2 Å². The molecule has 1 heterocycles. The summed E-state index contributed by atoms with van der Waals surface area (Å²) < 4.78 is 32.5. The third-order valence-electron chi connectivity index (χ3n) is 4.38. The van der Waals surface area contributed by atoms with Crippen LogP contribution in [0.5, 0.6) is 0 Å². The fourth-order valence-electron chi connectivity index (χ4n) is 3.05. The summed E-state index contributed by atoms with van der Waals surface area (Å²) >= 11 is 5.81. The summed E-state index contributed by atoms with van der Waals surface area (Å²) in [5, 5.41) is 0.513. The fourth-order valence-corrected chi connectivity index (χ4v) is 4.44. The van der Waals surface area contributed by atoms with Crippen LogP contribution in [-0.4, -0.2) is 51.6 Å². The quantitative estimate of drug-likeness (QED) is 0.481. The molecule has 146 valence electrons. The van der Waals surface area contributed by atoms with Crippen LogP contribution in [0, 0.1) is 0 Å². The summed E-state index contributed by atoms with van der Waals surface area (Å²) in [5.41, 5.74) is 0. The van der Waals surface area contributed by atoms with Crippen molar-refractivity contribution in [1.29, 1.82) is 0 Å². The number of hydrogen-bond donors (Lipinski definition) is 1. The smallest absolute Gasteiger partial charge is 0.305 e. The molecule has 0 aliphatic carbocycles. The Bertz CT molecular complexity index is 679. The lowest BCUT2D eigenvalue weighted by atomic mass is 10.2. The molecule has 1 aliphatic heterocycles. The van der Waals surface area contributed by atoms with Gasteiger partial charge in [-0.3, -0.25) is 4.79 Å². The molecule has 1 atom stereocenters. The SMILES string of the molecule is CCOC(=O)CCCCCN1CCC(NS(=O)(=O)c2ccc(Cl)cc2)C1. The maximum Gasteiger partial charge on any atom is 0.305 e. The second kappa shape index (κ2) is 10.3. The van der Waals surface area contributed by atoms with Gasteiger partial charge in [0.1, 0.15) is 0 Å². The van der Waals surface area contributed by atoms with Gasteiger partial charge >= 0.3 is 5.97 Å². The topological polar surface area (TPSA) is 75.7 Å². The number of rotatable bonds is 10. The van der Waals surface area contributed by atoms with Gasteiger partial charge < -0.3 is 9.64 Å². The standard InChI is InChI=1S/C18H27ClN2O4S/c1-2-25-18(22)6-4-3-5-12-21-13-11-16(14-21)20-26(23,24)17-9-7-15(19)8-10-17/h7-10,16,20H,2-6,11-14H2,1H3. The Hall–Kier alpha value is -1.15. The predicted molar refractivity (Wildman–Crippen MR) is 102 cm³/mol. The number of sulfonamides is 1. The number of likely N-dealkylation sites (tertiary alicyclic amines) is 1. The second-order valence-electron chi connectivity index (χ2n) is 6.48. The highest BCUT2D eigenvalue weighted by Crippen LogP contribution is 2.17. The van der Waals surface area contributed by atoms with Crippen LogP contribution in [-0.2, 0) is 19.6 Å². The minimum atomic E-state index is -3.51. The molecule has 1 aromatic carbocycles. The van der Waals surface area contributed by atoms with Gasteiger partial charge in [-0.1, -0.05) is 18.0 Å². The lowest BCUT2D eigenvalue weighted by molar-refractivity contribution is -0.143. The van der Waals surface area contributed by atoms with Crippen LogP contribution in [0.2, 0.25) is 5.02 Å². The van der Waals surface area contributed by atoms with Gasteiger partial charge in [-0.05, 0) is 63.5 Å². The van der Waals surface area contributed by atoms with Crippen molar-refractivity contribution < 1.29 is 17.9 Å². The lowest BCUT2D eigenvalue weighted by Crippen LogP contribution is -2.37. The first kappa shape index (κ1) is 21.2. The van der Waals surface area contributed by atoms with Crippen LogP contribution in [0.1, 0.15) is 39.0 Å². The number of ether oxygens (including phenoxy) is 1. The van der Waals surface area contributed by atoms with Crippen LogP contribution in [0.3, 0.4) is 0 Å². The van der Waals surface area contributed by atoms with E-state index >= 15 is 0 Å². The molecule has 0 spiro atoms. The summed E-state index contributed by atoms with van der Waals surface area (Å²) in [5.74, 6) is -0.134. The van der Waals surface area contributed by atoms with Gasteiger partial charge in [0.05, 0.1) is 11.5 Å². The average Bonchev–Trinajstić information content (AvgIpc) is 3.02. The van der Waals surface area contributed by atoms with E-state index in [0.717, 1.165) is 38.8 Å². The van der Waals surface area contributed by atoms with E-state index < -0.39 is 10.0 Å². The molecule has 6 nitrogen and oxygen atoms in total. The van der Waals surface area contributed by atoms with Gasteiger partial charge in [0.25, 0.3) is 0 Å². The zero-order valence-corrected chi connectivity index (χ0v) is 16.7. The van der Waals surface area contributed by atoms with Crippen molar-refractivity contribution in [1.82, 2.24) is 9.62 Å². The molecule has 1 aromatic rings. The number of benzene rings is 1. The zero-order valence-electron chi connectivity index (χ0n) is 15.1. The molecule has 8 heteroatoms. The van der Waals surface area contributed by atoms with Crippen molar-refractivity contribution in [3.8, 4) is 0 Å². The van der Waals surface area contributed by atoms with Crippen molar-refractivity contribution in [2.24, 2.45) is 0 Å². The lowest BCUT2D eigenvalue weighted by Gasteiger charge is -2.16. The molecule has 0 aromatic heterocycles. The van der Waals surface area contributed by atoms with Crippen LogP contribution in [0.4, 0.5) is 0 Å². The van der Waals surface area contributed by atoms with E-state index in [0.29, 0.717) is 24.6 Å². The first-order valence-corrected chi connectivity index (χ1v) is 10.9. The molecule has 1 N–H and O–H groups in total. The van der Waals surface area contributed by atoms with Gasteiger partial charge in [0, 0.05) is 24.0 Å². The van der Waals surface area contributed by atoms with Crippen LogP contribution in [0.25, 0.3) is 0 Å². The molecule has 1 unspecified atom stereocenters. The van der Waals surface area contributed by atoms with E-state index in [-0.39, 0.29) is 16.9 Å². The molecule has 0 amide bonds. The molecule has 26 heavy (non-hydrogen) atoms. The van der Waals surface area contributed by atoms with E-state index in [1.54, 1.807) is 12.1 Å². The van der Waals surface area contributed by atoms with E-state index in [1.165, 1.54) is 12.1 Å². The van der Waals surface area contributed by atoms with Gasteiger partial charge in [-0.2, -0.15) is 0 Å². The maximum absolute atomic E-state index is 12.4. The Balaban J connectivity index is 1.68. The van der Waals surface area contributed by atoms with Gasteiger partial charge in [-0.15, -0.1) is 0 Å². The number of nitrogens with zero attached hydrogens (tertiary/aromatic N) is 1. The van der Waals surface area contributed by atoms with Gasteiger partial charge in [-0.25, -0.2) is 13.1 Å². The molecule has 1 aliphatic rings. The van der Waals surface area contributed by atoms with Crippen LogP contribution in [0.15, 0.2) is 29.2 Å². The summed E-state index contributed by atoms with van der Waals surface area (Å²) in [7, 11) is -3.51. The van der Waals surface area contributed by atoms with Crippen molar-refractivity contribution in [3.63, 3.8) is 0 Å². The minimum Gasteiger partial charge on any atom is -0.466 e.